The lowest BCUT2D eigenvalue weighted by Crippen LogP contribution is -2.39. The minimum Gasteiger partial charge on any atom is -0.484 e. The number of halogens is 4. The molecule has 206 valence electrons. The second kappa shape index (κ2) is 12.6. The third kappa shape index (κ3) is 9.00. The molecule has 0 fully saturated rings. The van der Waals surface area contributed by atoms with Crippen LogP contribution >= 0.6 is 11.6 Å². The van der Waals surface area contributed by atoms with Crippen LogP contribution in [0, 0.1) is 0 Å². The Labute approximate surface area is 227 Å². The van der Waals surface area contributed by atoms with Crippen molar-refractivity contribution >= 4 is 51.0 Å². The van der Waals surface area contributed by atoms with Gasteiger partial charge in [0.1, 0.15) is 12.3 Å². The van der Waals surface area contributed by atoms with Gasteiger partial charge in [-0.05, 0) is 60.2 Å². The quantitative estimate of drug-likeness (QED) is 0.273. The maximum absolute atomic E-state index is 13.0. The first-order valence-corrected chi connectivity index (χ1v) is 13.3. The maximum Gasteiger partial charge on any atom is 0.416 e. The van der Waals surface area contributed by atoms with Crippen LogP contribution in [-0.4, -0.2) is 45.9 Å². The molecule has 0 aliphatic rings. The van der Waals surface area contributed by atoms with Gasteiger partial charge in [0.15, 0.2) is 6.61 Å². The van der Waals surface area contributed by atoms with Gasteiger partial charge < -0.3 is 10.1 Å². The largest absolute Gasteiger partial charge is 0.484 e. The average Bonchev–Trinajstić information content (AvgIpc) is 2.87. The van der Waals surface area contributed by atoms with Crippen LogP contribution in [0.15, 0.2) is 77.9 Å². The first-order valence-electron chi connectivity index (χ1n) is 11.1. The van der Waals surface area contributed by atoms with Gasteiger partial charge in [-0.3, -0.25) is 13.9 Å². The molecule has 0 aromatic heterocycles. The van der Waals surface area contributed by atoms with Crippen LogP contribution in [-0.2, 0) is 25.8 Å². The molecule has 0 aliphatic carbocycles. The zero-order chi connectivity index (χ0) is 28.6. The molecule has 2 amide bonds. The second-order valence-corrected chi connectivity index (χ2v) is 10.3. The minimum absolute atomic E-state index is 0.266. The monoisotopic (exact) mass is 582 g/mol. The van der Waals surface area contributed by atoms with Crippen molar-refractivity contribution in [1.82, 2.24) is 5.43 Å². The summed E-state index contributed by atoms with van der Waals surface area (Å²) in [6.45, 7) is -1.06. The van der Waals surface area contributed by atoms with E-state index in [2.05, 4.69) is 15.8 Å². The van der Waals surface area contributed by atoms with Gasteiger partial charge in [0.2, 0.25) is 10.0 Å². The molecule has 9 nitrogen and oxygen atoms in total. The van der Waals surface area contributed by atoms with Gasteiger partial charge in [0, 0.05) is 0 Å². The number of rotatable bonds is 10. The predicted octanol–water partition coefficient (Wildman–Crippen LogP) is 4.29. The molecule has 0 atom stereocenters. The fourth-order valence-electron chi connectivity index (χ4n) is 3.13. The lowest BCUT2D eigenvalue weighted by Gasteiger charge is -2.22. The van der Waals surface area contributed by atoms with Gasteiger partial charge in [-0.2, -0.15) is 18.3 Å². The Morgan fingerprint density at radius 1 is 1.03 bits per heavy atom. The molecule has 0 aliphatic heterocycles. The fourth-order valence-corrected chi connectivity index (χ4v) is 4.16. The zero-order valence-electron chi connectivity index (χ0n) is 20.3. The molecule has 2 N–H and O–H groups in total. The molecule has 3 aromatic carbocycles. The van der Waals surface area contributed by atoms with Crippen molar-refractivity contribution in [3.05, 3.63) is 88.9 Å². The summed E-state index contributed by atoms with van der Waals surface area (Å²) in [4.78, 5) is 24.3. The summed E-state index contributed by atoms with van der Waals surface area (Å²) in [5.41, 5.74) is 1.75. The smallest absolute Gasteiger partial charge is 0.416 e. The number of hydrazone groups is 1. The van der Waals surface area contributed by atoms with Crippen LogP contribution in [0.4, 0.5) is 24.5 Å². The molecule has 3 aromatic rings. The molecule has 3 rings (SSSR count). The lowest BCUT2D eigenvalue weighted by atomic mass is 10.2. The Morgan fingerprint density at radius 2 is 1.72 bits per heavy atom. The van der Waals surface area contributed by atoms with Crippen LogP contribution in [0.1, 0.15) is 11.1 Å². The number of carbonyl (C=O) groups is 2. The first-order chi connectivity index (χ1) is 18.3. The minimum atomic E-state index is -4.69. The number of nitrogens with zero attached hydrogens (tertiary/aromatic N) is 2. The molecule has 39 heavy (non-hydrogen) atoms. The van der Waals surface area contributed by atoms with E-state index >= 15 is 0 Å². The summed E-state index contributed by atoms with van der Waals surface area (Å²) in [7, 11) is -4.08. The number of hydrogen-bond donors (Lipinski definition) is 2. The number of sulfonamides is 1. The van der Waals surface area contributed by atoms with Crippen molar-refractivity contribution in [2.24, 2.45) is 5.10 Å². The number of anilines is 2. The number of carbonyl (C=O) groups excluding carboxylic acids is 2. The SMILES string of the molecule is CS(=O)(=O)N(CC(=O)N/N=C\c1ccc(OCC(=O)Nc2ccccc2Cl)cc1)c1cccc(C(F)(F)F)c1. The summed E-state index contributed by atoms with van der Waals surface area (Å²) in [6, 6.07) is 16.7. The molecular weight excluding hydrogens is 561 g/mol. The van der Waals surface area contributed by atoms with Crippen molar-refractivity contribution in [3.63, 3.8) is 0 Å². The van der Waals surface area contributed by atoms with E-state index in [1.165, 1.54) is 6.21 Å². The standard InChI is InChI=1S/C25H22ClF3N4O5S/c1-39(36,37)33(19-6-4-5-18(13-19)25(27,28)29)15-23(34)32-30-14-17-9-11-20(12-10-17)38-16-24(35)31-22-8-3-2-7-21(22)26/h2-14H,15-16H2,1H3,(H,31,35)(H,32,34)/b30-14-. The number of nitrogens with one attached hydrogen (secondary N) is 2. The predicted molar refractivity (Wildman–Crippen MR) is 141 cm³/mol. The van der Waals surface area contributed by atoms with E-state index in [-0.39, 0.29) is 12.3 Å². The highest BCUT2D eigenvalue weighted by Gasteiger charge is 2.32. The van der Waals surface area contributed by atoms with E-state index in [9.17, 15) is 31.2 Å². The van der Waals surface area contributed by atoms with E-state index in [1.54, 1.807) is 48.5 Å². The number of hydrogen-bond acceptors (Lipinski definition) is 6. The Morgan fingerprint density at radius 3 is 2.36 bits per heavy atom. The number of para-hydroxylation sites is 1. The summed E-state index contributed by atoms with van der Waals surface area (Å²) >= 11 is 6.00. The highest BCUT2D eigenvalue weighted by molar-refractivity contribution is 7.92. The number of benzene rings is 3. The Balaban J connectivity index is 1.54. The molecule has 0 bridgehead atoms. The van der Waals surface area contributed by atoms with Crippen molar-refractivity contribution in [3.8, 4) is 5.75 Å². The number of ether oxygens (including phenoxy) is 1. The van der Waals surface area contributed by atoms with E-state index < -0.39 is 40.1 Å². The molecule has 0 heterocycles. The van der Waals surface area contributed by atoms with E-state index in [0.717, 1.165) is 24.5 Å². The molecule has 0 radical (unpaired) electrons. The summed E-state index contributed by atoms with van der Waals surface area (Å²) in [5, 5.41) is 6.76. The Kier molecular flexibility index (Phi) is 9.54. The zero-order valence-corrected chi connectivity index (χ0v) is 21.8. The molecule has 0 spiro atoms. The summed E-state index contributed by atoms with van der Waals surface area (Å²) < 4.78 is 69.3. The summed E-state index contributed by atoms with van der Waals surface area (Å²) in [6.07, 6.45) is -2.65. The van der Waals surface area contributed by atoms with Crippen LogP contribution in [0.3, 0.4) is 0 Å². The van der Waals surface area contributed by atoms with Crippen molar-refractivity contribution in [2.75, 3.05) is 29.0 Å². The van der Waals surface area contributed by atoms with E-state index in [4.69, 9.17) is 16.3 Å². The third-order valence-corrected chi connectivity index (χ3v) is 6.42. The van der Waals surface area contributed by atoms with Gasteiger partial charge in [-0.1, -0.05) is 29.8 Å². The van der Waals surface area contributed by atoms with Crippen LogP contribution < -0.4 is 19.8 Å². The molecule has 0 unspecified atom stereocenters. The first kappa shape index (κ1) is 29.5. The van der Waals surface area contributed by atoms with Gasteiger partial charge >= 0.3 is 6.18 Å². The Bertz CT molecular complexity index is 1470. The molecule has 0 saturated heterocycles. The van der Waals surface area contributed by atoms with Crippen LogP contribution in [0.25, 0.3) is 0 Å². The van der Waals surface area contributed by atoms with Gasteiger partial charge in [-0.15, -0.1) is 0 Å². The number of amides is 2. The topological polar surface area (TPSA) is 117 Å². The van der Waals surface area contributed by atoms with Crippen molar-refractivity contribution < 1.29 is 35.9 Å². The normalized spacial score (nSPS) is 11.7. The molecule has 0 saturated carbocycles. The molecule has 14 heteroatoms. The molecular formula is C25H22ClF3N4O5S. The van der Waals surface area contributed by atoms with E-state index in [0.29, 0.717) is 32.4 Å². The van der Waals surface area contributed by atoms with Crippen LogP contribution in [0.5, 0.6) is 5.75 Å². The average molecular weight is 583 g/mol. The van der Waals surface area contributed by atoms with Crippen molar-refractivity contribution in [1.29, 1.82) is 0 Å². The van der Waals surface area contributed by atoms with Gasteiger partial charge in [-0.25, -0.2) is 13.8 Å². The highest BCUT2D eigenvalue weighted by Crippen LogP contribution is 2.32. The highest BCUT2D eigenvalue weighted by atomic mass is 35.5. The van der Waals surface area contributed by atoms with Crippen LogP contribution in [0.2, 0.25) is 5.02 Å². The maximum atomic E-state index is 13.0. The Hall–Kier alpha value is -4.10. The van der Waals surface area contributed by atoms with E-state index in [1.807, 2.05) is 0 Å². The second-order valence-electron chi connectivity index (χ2n) is 8.00. The number of alkyl halides is 3. The van der Waals surface area contributed by atoms with Crippen molar-refractivity contribution in [2.45, 2.75) is 6.18 Å². The summed E-state index contributed by atoms with van der Waals surface area (Å²) in [5.74, 6) is -0.904. The van der Waals surface area contributed by atoms with Gasteiger partial charge in [0.05, 0.1) is 34.4 Å². The lowest BCUT2D eigenvalue weighted by molar-refractivity contribution is -0.137. The third-order valence-electron chi connectivity index (χ3n) is 4.95. The van der Waals surface area contributed by atoms with Gasteiger partial charge in [0.25, 0.3) is 11.8 Å². The fraction of sp³-hybridized carbons (Fsp3) is 0.160.